The number of aliphatic hydroxyl groups is 1. The van der Waals surface area contributed by atoms with Crippen LogP contribution in [-0.2, 0) is 65.4 Å². The lowest BCUT2D eigenvalue weighted by molar-refractivity contribution is -0.161. The van der Waals surface area contributed by atoms with Gasteiger partial charge in [-0.3, -0.25) is 37.3 Å². The number of aliphatic hydroxyl groups excluding tert-OH is 1. The molecular weight excluding hydrogens is 1430 g/mol. The first-order valence-electron chi connectivity index (χ1n) is 47.0. The fourth-order valence-electron chi connectivity index (χ4n) is 14.2. The highest BCUT2D eigenvalue weighted by Crippen LogP contribution is 2.45. The second kappa shape index (κ2) is 80.8. The molecule has 0 aromatic heterocycles. The Morgan fingerprint density at radius 3 is 0.645 bits per heavy atom. The molecule has 0 fully saturated rings. The third-order valence-electron chi connectivity index (χ3n) is 22.5. The summed E-state index contributed by atoms with van der Waals surface area (Å²) in [7, 11) is -9.94. The highest BCUT2D eigenvalue weighted by atomic mass is 31.2. The van der Waals surface area contributed by atoms with Crippen molar-refractivity contribution < 1.29 is 80.2 Å². The fraction of sp³-hybridized carbons (Fsp3) is 0.956. The molecule has 0 saturated carbocycles. The molecule has 0 spiro atoms. The first-order valence-corrected chi connectivity index (χ1v) is 50.0. The monoisotopic (exact) mass is 1610 g/mol. The molecule has 0 aromatic carbocycles. The van der Waals surface area contributed by atoms with Crippen molar-refractivity contribution in [2.45, 2.75) is 503 Å². The predicted octanol–water partition coefficient (Wildman–Crippen LogP) is 28.0. The third kappa shape index (κ3) is 79.9. The number of hydrogen-bond donors (Lipinski definition) is 3. The molecule has 5 unspecified atom stereocenters. The Kier molecular flexibility index (Phi) is 79.4. The van der Waals surface area contributed by atoms with Crippen LogP contribution in [0.2, 0.25) is 0 Å². The topological polar surface area (TPSA) is 237 Å². The number of rotatable bonds is 89. The second-order valence-corrected chi connectivity index (χ2v) is 36.3. The van der Waals surface area contributed by atoms with E-state index in [2.05, 4.69) is 48.5 Å². The number of ether oxygens (including phenoxy) is 4. The van der Waals surface area contributed by atoms with E-state index in [1.54, 1.807) is 0 Å². The Labute approximate surface area is 677 Å². The van der Waals surface area contributed by atoms with Crippen molar-refractivity contribution in [3.8, 4) is 0 Å². The van der Waals surface area contributed by atoms with Gasteiger partial charge in [-0.15, -0.1) is 0 Å². The zero-order chi connectivity index (χ0) is 80.8. The summed E-state index contributed by atoms with van der Waals surface area (Å²) in [6, 6.07) is 0. The Morgan fingerprint density at radius 2 is 0.436 bits per heavy atom. The van der Waals surface area contributed by atoms with Crippen LogP contribution in [0.25, 0.3) is 0 Å². The van der Waals surface area contributed by atoms with Crippen LogP contribution in [0.15, 0.2) is 0 Å². The summed E-state index contributed by atoms with van der Waals surface area (Å²) in [4.78, 5) is 73.4. The van der Waals surface area contributed by atoms with Crippen molar-refractivity contribution in [2.24, 2.45) is 17.8 Å². The lowest BCUT2D eigenvalue weighted by Crippen LogP contribution is -2.30. The highest BCUT2D eigenvalue weighted by molar-refractivity contribution is 7.47. The number of phosphoric ester groups is 2. The minimum atomic E-state index is -4.97. The number of phosphoric acid groups is 2. The van der Waals surface area contributed by atoms with Gasteiger partial charge >= 0.3 is 39.5 Å². The number of carbonyl (C=O) groups is 4. The zero-order valence-electron chi connectivity index (χ0n) is 72.7. The summed E-state index contributed by atoms with van der Waals surface area (Å²) in [6.07, 6.45) is 73.5. The van der Waals surface area contributed by atoms with Gasteiger partial charge in [-0.25, -0.2) is 9.13 Å². The van der Waals surface area contributed by atoms with Crippen LogP contribution in [0.1, 0.15) is 485 Å². The number of hydrogen-bond acceptors (Lipinski definition) is 15. The van der Waals surface area contributed by atoms with Gasteiger partial charge in [0.25, 0.3) is 0 Å². The number of unbranched alkanes of at least 4 members (excludes halogenated alkanes) is 54. The van der Waals surface area contributed by atoms with Gasteiger partial charge in [0, 0.05) is 25.7 Å². The van der Waals surface area contributed by atoms with Crippen molar-refractivity contribution in [3.63, 3.8) is 0 Å². The van der Waals surface area contributed by atoms with Gasteiger partial charge in [-0.05, 0) is 43.4 Å². The molecule has 17 nitrogen and oxygen atoms in total. The smallest absolute Gasteiger partial charge is 0.462 e. The molecule has 0 rings (SSSR count). The van der Waals surface area contributed by atoms with E-state index < -0.39 is 97.5 Å². The van der Waals surface area contributed by atoms with Gasteiger partial charge in [0.05, 0.1) is 26.4 Å². The van der Waals surface area contributed by atoms with Gasteiger partial charge in [-0.2, -0.15) is 0 Å². The SMILES string of the molecule is CCCCCCCCCCCCCCCCC(=O)O[C@H](COC(=O)CCCCCCCCCCC(C)CC)COP(=O)(O)OC[C@H](O)COP(=O)(O)OC[C@@H](COC(=O)CCCCCCCCCCCCCCCCCCCCC(C)CC)OC(=O)CCCCCCCCCCCCCCCCCCCCC(C)CC. The summed E-state index contributed by atoms with van der Waals surface area (Å²) in [5.74, 6) is 0.424. The van der Waals surface area contributed by atoms with Crippen LogP contribution in [0.3, 0.4) is 0 Å². The molecule has 0 aliphatic carbocycles. The van der Waals surface area contributed by atoms with Crippen LogP contribution in [0.5, 0.6) is 0 Å². The molecule has 110 heavy (non-hydrogen) atoms. The quantitative estimate of drug-likeness (QED) is 0.0222. The van der Waals surface area contributed by atoms with Gasteiger partial charge in [0.15, 0.2) is 12.2 Å². The lowest BCUT2D eigenvalue weighted by Gasteiger charge is -2.21. The molecule has 0 amide bonds. The van der Waals surface area contributed by atoms with Crippen LogP contribution in [0, 0.1) is 17.8 Å². The minimum Gasteiger partial charge on any atom is -0.462 e. The average molecular weight is 1610 g/mol. The maximum atomic E-state index is 13.2. The molecular formula is C91H178O17P2. The van der Waals surface area contributed by atoms with E-state index in [0.29, 0.717) is 25.7 Å². The molecule has 0 aliphatic rings. The van der Waals surface area contributed by atoms with Crippen LogP contribution >= 0.6 is 15.6 Å². The average Bonchev–Trinajstić information content (AvgIpc) is 0.915. The lowest BCUT2D eigenvalue weighted by atomic mass is 9.99. The maximum absolute atomic E-state index is 13.2. The van der Waals surface area contributed by atoms with E-state index in [1.807, 2.05) is 0 Å². The van der Waals surface area contributed by atoms with Crippen molar-refractivity contribution in [1.82, 2.24) is 0 Å². The van der Waals surface area contributed by atoms with Gasteiger partial charge in [0.1, 0.15) is 19.3 Å². The molecule has 0 saturated heterocycles. The molecule has 3 N–H and O–H groups in total. The molecule has 0 aliphatic heterocycles. The Bertz CT molecular complexity index is 2120. The zero-order valence-corrected chi connectivity index (χ0v) is 74.5. The van der Waals surface area contributed by atoms with Gasteiger partial charge in [0.2, 0.25) is 0 Å². The van der Waals surface area contributed by atoms with E-state index in [4.69, 9.17) is 37.0 Å². The van der Waals surface area contributed by atoms with E-state index in [9.17, 15) is 43.2 Å². The Morgan fingerprint density at radius 1 is 0.255 bits per heavy atom. The standard InChI is InChI=1S/C91H178O17P2/c1-8-12-13-14-15-16-17-18-33-39-44-53-60-67-74-90(95)108-87(79-102-89(94)73-66-59-52-47-46-50-57-64-71-84(7)11-4)81-106-110(99,100)104-77-85(92)76-103-109(97,98)105-80-86(107-91(96)75-68-61-54-45-40-35-30-26-22-20-24-28-32-37-42-49-56-63-70-83(6)10-3)78-101-88(93)72-65-58-51-43-38-34-29-25-21-19-23-27-31-36-41-48-55-62-69-82(5)9-2/h82-87,92H,8-81H2,1-7H3,(H,97,98)(H,99,100)/t82?,83?,84?,85-,86-,87-/m1/s1. The molecule has 654 valence electrons. The number of carbonyl (C=O) groups excluding carboxylic acids is 4. The first kappa shape index (κ1) is 108. The van der Waals surface area contributed by atoms with E-state index in [1.165, 1.54) is 295 Å². The van der Waals surface area contributed by atoms with Crippen molar-refractivity contribution >= 4 is 39.5 Å². The predicted molar refractivity (Wildman–Crippen MR) is 455 cm³/mol. The molecule has 0 heterocycles. The van der Waals surface area contributed by atoms with E-state index in [-0.39, 0.29) is 25.7 Å². The normalized spacial score (nSPS) is 14.5. The summed E-state index contributed by atoms with van der Waals surface area (Å²) in [6.45, 7) is 12.1. The molecule has 19 heteroatoms. The second-order valence-electron chi connectivity index (χ2n) is 33.4. The Balaban J connectivity index is 5.23. The van der Waals surface area contributed by atoms with Gasteiger partial charge in [-0.1, -0.05) is 434 Å². The van der Waals surface area contributed by atoms with Crippen molar-refractivity contribution in [1.29, 1.82) is 0 Å². The summed E-state index contributed by atoms with van der Waals surface area (Å²) in [5, 5.41) is 10.7. The van der Waals surface area contributed by atoms with Crippen LogP contribution in [0.4, 0.5) is 0 Å². The summed E-state index contributed by atoms with van der Waals surface area (Å²) < 4.78 is 69.0. The molecule has 0 radical (unpaired) electrons. The van der Waals surface area contributed by atoms with E-state index in [0.717, 1.165) is 108 Å². The Hall–Kier alpha value is -1.94. The third-order valence-corrected chi connectivity index (χ3v) is 24.4. The van der Waals surface area contributed by atoms with Crippen molar-refractivity contribution in [3.05, 3.63) is 0 Å². The van der Waals surface area contributed by atoms with Crippen LogP contribution < -0.4 is 0 Å². The van der Waals surface area contributed by atoms with E-state index >= 15 is 0 Å². The fourth-order valence-corrected chi connectivity index (χ4v) is 15.7. The first-order chi connectivity index (χ1) is 53.3. The van der Waals surface area contributed by atoms with Crippen LogP contribution in [-0.4, -0.2) is 96.7 Å². The minimum absolute atomic E-state index is 0.108. The summed E-state index contributed by atoms with van der Waals surface area (Å²) >= 11 is 0. The van der Waals surface area contributed by atoms with Gasteiger partial charge < -0.3 is 33.8 Å². The molecule has 0 aromatic rings. The maximum Gasteiger partial charge on any atom is 0.472 e. The highest BCUT2D eigenvalue weighted by Gasteiger charge is 2.31. The summed E-state index contributed by atoms with van der Waals surface area (Å²) in [5.41, 5.74) is 0. The number of esters is 4. The van der Waals surface area contributed by atoms with Crippen molar-refractivity contribution in [2.75, 3.05) is 39.6 Å². The molecule has 0 bridgehead atoms. The molecule has 8 atom stereocenters. The largest absolute Gasteiger partial charge is 0.472 e.